The molecule has 3 rings (SSSR count). The van der Waals surface area contributed by atoms with E-state index < -0.39 is 0 Å². The Hall–Kier alpha value is -2.20. The van der Waals surface area contributed by atoms with Gasteiger partial charge in [-0.3, -0.25) is 0 Å². The molecule has 0 radical (unpaired) electrons. The maximum Gasteiger partial charge on any atom is 0.132 e. The Kier molecular flexibility index (Phi) is 3.24. The Morgan fingerprint density at radius 3 is 2.50 bits per heavy atom. The Morgan fingerprint density at radius 1 is 0.950 bits per heavy atom. The van der Waals surface area contributed by atoms with E-state index >= 15 is 0 Å². The van der Waals surface area contributed by atoms with E-state index in [1.54, 1.807) is 36.5 Å². The van der Waals surface area contributed by atoms with E-state index in [1.807, 2.05) is 10.6 Å². The molecule has 1 heterocycles. The van der Waals surface area contributed by atoms with Crippen LogP contribution in [-0.2, 0) is 13.1 Å². The van der Waals surface area contributed by atoms with Crippen molar-refractivity contribution in [1.82, 2.24) is 4.57 Å². The molecule has 0 aliphatic rings. The number of aromatic nitrogens is 1. The van der Waals surface area contributed by atoms with Gasteiger partial charge in [0.05, 0.1) is 12.1 Å². The van der Waals surface area contributed by atoms with Crippen LogP contribution in [0.5, 0.6) is 0 Å². The van der Waals surface area contributed by atoms with Crippen LogP contribution in [0.2, 0.25) is 0 Å². The fraction of sp³-hybridized carbons (Fsp3) is 0.125. The lowest BCUT2D eigenvalue weighted by atomic mass is 10.1. The minimum Gasteiger partial charge on any atom is -0.343 e. The summed E-state index contributed by atoms with van der Waals surface area (Å²) < 4.78 is 29.6. The highest BCUT2D eigenvalue weighted by Gasteiger charge is 2.10. The van der Waals surface area contributed by atoms with Crippen LogP contribution in [0.15, 0.2) is 48.7 Å². The summed E-state index contributed by atoms with van der Waals surface area (Å²) in [7, 11) is 0. The molecule has 2 N–H and O–H groups in total. The SMILES string of the molecule is NCc1cccc(Cn2ccc3c(F)cccc32)c1F. The number of benzene rings is 2. The molecule has 2 nitrogen and oxygen atoms in total. The average molecular weight is 272 g/mol. The number of fused-ring (bicyclic) bond motifs is 1. The molecule has 102 valence electrons. The zero-order chi connectivity index (χ0) is 14.1. The number of hydrogen-bond acceptors (Lipinski definition) is 1. The van der Waals surface area contributed by atoms with Crippen molar-refractivity contribution in [3.05, 3.63) is 71.4 Å². The van der Waals surface area contributed by atoms with Gasteiger partial charge in [0.2, 0.25) is 0 Å². The van der Waals surface area contributed by atoms with Crippen LogP contribution < -0.4 is 5.73 Å². The van der Waals surface area contributed by atoms with Crippen LogP contribution >= 0.6 is 0 Å². The Labute approximate surface area is 115 Å². The van der Waals surface area contributed by atoms with Gasteiger partial charge in [0, 0.05) is 29.3 Å². The molecule has 3 aromatic rings. The Balaban J connectivity index is 2.04. The molecule has 20 heavy (non-hydrogen) atoms. The van der Waals surface area contributed by atoms with E-state index in [-0.39, 0.29) is 18.2 Å². The number of nitrogens with two attached hydrogens (primary N) is 1. The molecule has 0 saturated heterocycles. The summed E-state index contributed by atoms with van der Waals surface area (Å²) >= 11 is 0. The summed E-state index contributed by atoms with van der Waals surface area (Å²) in [5, 5.41) is 0.544. The van der Waals surface area contributed by atoms with Gasteiger partial charge in [0.25, 0.3) is 0 Å². The van der Waals surface area contributed by atoms with E-state index in [0.717, 1.165) is 5.52 Å². The Bertz CT molecular complexity index is 762. The third kappa shape index (κ3) is 2.08. The lowest BCUT2D eigenvalue weighted by Gasteiger charge is -2.09. The van der Waals surface area contributed by atoms with Crippen molar-refractivity contribution >= 4 is 10.9 Å². The summed E-state index contributed by atoms with van der Waals surface area (Å²) in [6, 6.07) is 11.8. The van der Waals surface area contributed by atoms with E-state index in [2.05, 4.69) is 0 Å². The largest absolute Gasteiger partial charge is 0.343 e. The third-order valence-electron chi connectivity index (χ3n) is 3.48. The smallest absolute Gasteiger partial charge is 0.132 e. The molecule has 0 fully saturated rings. The molecule has 0 amide bonds. The van der Waals surface area contributed by atoms with E-state index in [4.69, 9.17) is 5.73 Å². The third-order valence-corrected chi connectivity index (χ3v) is 3.48. The minimum absolute atomic E-state index is 0.167. The van der Waals surface area contributed by atoms with E-state index in [9.17, 15) is 8.78 Å². The second-order valence-corrected chi connectivity index (χ2v) is 4.71. The molecule has 0 aliphatic carbocycles. The van der Waals surface area contributed by atoms with Crippen molar-refractivity contribution in [2.45, 2.75) is 13.1 Å². The first-order valence-electron chi connectivity index (χ1n) is 6.40. The lowest BCUT2D eigenvalue weighted by molar-refractivity contribution is 0.586. The van der Waals surface area contributed by atoms with Gasteiger partial charge < -0.3 is 10.3 Å². The highest BCUT2D eigenvalue weighted by Crippen LogP contribution is 2.21. The topological polar surface area (TPSA) is 30.9 Å². The summed E-state index contributed by atoms with van der Waals surface area (Å²) in [4.78, 5) is 0. The van der Waals surface area contributed by atoms with Gasteiger partial charge in [-0.1, -0.05) is 24.3 Å². The van der Waals surface area contributed by atoms with Crippen molar-refractivity contribution in [2.75, 3.05) is 0 Å². The predicted molar refractivity (Wildman–Crippen MR) is 75.3 cm³/mol. The molecule has 0 bridgehead atoms. The number of rotatable bonds is 3. The standard InChI is InChI=1S/C16H14F2N2/c17-14-5-2-6-15-13(14)7-8-20(15)10-12-4-1-3-11(9-19)16(12)18/h1-8H,9-10,19H2. The highest BCUT2D eigenvalue weighted by molar-refractivity contribution is 5.80. The molecule has 0 aliphatic heterocycles. The quantitative estimate of drug-likeness (QED) is 0.778. The Morgan fingerprint density at radius 2 is 1.70 bits per heavy atom. The molecule has 1 aromatic heterocycles. The van der Waals surface area contributed by atoms with Crippen LogP contribution in [0, 0.1) is 11.6 Å². The highest BCUT2D eigenvalue weighted by atomic mass is 19.1. The molecular formula is C16H14F2N2. The normalized spacial score (nSPS) is 11.2. The van der Waals surface area contributed by atoms with Gasteiger partial charge in [-0.2, -0.15) is 0 Å². The van der Waals surface area contributed by atoms with E-state index in [0.29, 0.717) is 23.1 Å². The van der Waals surface area contributed by atoms with Crippen LogP contribution in [-0.4, -0.2) is 4.57 Å². The monoisotopic (exact) mass is 272 g/mol. The minimum atomic E-state index is -0.284. The van der Waals surface area contributed by atoms with Crippen LogP contribution in [0.1, 0.15) is 11.1 Å². The molecular weight excluding hydrogens is 258 g/mol. The first-order valence-corrected chi connectivity index (χ1v) is 6.40. The maximum absolute atomic E-state index is 14.2. The second kappa shape index (κ2) is 5.06. The molecule has 0 saturated carbocycles. The van der Waals surface area contributed by atoms with Crippen molar-refractivity contribution in [2.24, 2.45) is 5.73 Å². The zero-order valence-corrected chi connectivity index (χ0v) is 10.8. The first kappa shape index (κ1) is 12.8. The number of hydrogen-bond donors (Lipinski definition) is 1. The van der Waals surface area contributed by atoms with Gasteiger partial charge in [-0.05, 0) is 18.2 Å². The van der Waals surface area contributed by atoms with Gasteiger partial charge >= 0.3 is 0 Å². The first-order chi connectivity index (χ1) is 9.70. The zero-order valence-electron chi connectivity index (χ0n) is 10.8. The van der Waals surface area contributed by atoms with Crippen LogP contribution in [0.3, 0.4) is 0 Å². The number of nitrogens with zero attached hydrogens (tertiary/aromatic N) is 1. The number of halogens is 2. The lowest BCUT2D eigenvalue weighted by Crippen LogP contribution is -2.06. The van der Waals surface area contributed by atoms with Gasteiger partial charge in [-0.15, -0.1) is 0 Å². The van der Waals surface area contributed by atoms with Crippen LogP contribution in [0.25, 0.3) is 10.9 Å². The molecule has 0 atom stereocenters. The summed E-state index contributed by atoms with van der Waals surface area (Å²) in [5.41, 5.74) is 7.30. The molecule has 4 heteroatoms. The van der Waals surface area contributed by atoms with Crippen LogP contribution in [0.4, 0.5) is 8.78 Å². The van der Waals surface area contributed by atoms with Crippen molar-refractivity contribution in [1.29, 1.82) is 0 Å². The molecule has 0 spiro atoms. The van der Waals surface area contributed by atoms with Crippen molar-refractivity contribution in [3.8, 4) is 0 Å². The maximum atomic E-state index is 14.2. The molecule has 0 unspecified atom stereocenters. The summed E-state index contributed by atoms with van der Waals surface area (Å²) in [6.45, 7) is 0.521. The fourth-order valence-electron chi connectivity index (χ4n) is 2.42. The van der Waals surface area contributed by atoms with Crippen molar-refractivity contribution in [3.63, 3.8) is 0 Å². The van der Waals surface area contributed by atoms with E-state index in [1.165, 1.54) is 6.07 Å². The van der Waals surface area contributed by atoms with Gasteiger partial charge in [0.1, 0.15) is 11.6 Å². The predicted octanol–water partition coefficient (Wildman–Crippen LogP) is 3.43. The summed E-state index contributed by atoms with van der Waals surface area (Å²) in [6.07, 6.45) is 1.77. The van der Waals surface area contributed by atoms with Gasteiger partial charge in [0.15, 0.2) is 0 Å². The van der Waals surface area contributed by atoms with Gasteiger partial charge in [-0.25, -0.2) is 8.78 Å². The molecule has 2 aromatic carbocycles. The fourth-order valence-corrected chi connectivity index (χ4v) is 2.42. The van der Waals surface area contributed by atoms with Crippen molar-refractivity contribution < 1.29 is 8.78 Å². The average Bonchev–Trinajstić information content (AvgIpc) is 2.86. The summed E-state index contributed by atoms with van der Waals surface area (Å²) in [5.74, 6) is -0.550. The second-order valence-electron chi connectivity index (χ2n) is 4.71.